The van der Waals surface area contributed by atoms with Crippen molar-refractivity contribution in [2.24, 2.45) is 0 Å². The van der Waals surface area contributed by atoms with Crippen LogP contribution in [0.25, 0.3) is 0 Å². The number of esters is 1. The minimum atomic E-state index is -0.378. The van der Waals surface area contributed by atoms with Gasteiger partial charge in [0.15, 0.2) is 0 Å². The third-order valence-electron chi connectivity index (χ3n) is 3.28. The first-order valence-electron chi connectivity index (χ1n) is 7.31. The van der Waals surface area contributed by atoms with Crippen molar-refractivity contribution in [1.82, 2.24) is 4.90 Å². The van der Waals surface area contributed by atoms with Gasteiger partial charge >= 0.3 is 5.97 Å². The van der Waals surface area contributed by atoms with Gasteiger partial charge in [-0.3, -0.25) is 9.69 Å². The van der Waals surface area contributed by atoms with E-state index in [2.05, 4.69) is 5.32 Å². The topological polar surface area (TPSA) is 58.6 Å². The Kier molecular flexibility index (Phi) is 6.88. The molecule has 21 heavy (non-hydrogen) atoms. The average molecular weight is 292 g/mol. The quantitative estimate of drug-likeness (QED) is 0.784. The summed E-state index contributed by atoms with van der Waals surface area (Å²) in [5, 5.41) is 2.86. The van der Waals surface area contributed by atoms with Crippen LogP contribution in [0, 0.1) is 6.92 Å². The van der Waals surface area contributed by atoms with E-state index in [0.29, 0.717) is 24.4 Å². The van der Waals surface area contributed by atoms with Crippen molar-refractivity contribution in [3.8, 4) is 0 Å². The molecular weight excluding hydrogens is 268 g/mol. The first-order valence-corrected chi connectivity index (χ1v) is 7.31. The fourth-order valence-electron chi connectivity index (χ4n) is 1.94. The van der Waals surface area contributed by atoms with E-state index in [-0.39, 0.29) is 11.9 Å². The first-order chi connectivity index (χ1) is 10.0. The highest BCUT2D eigenvalue weighted by Crippen LogP contribution is 2.17. The summed E-state index contributed by atoms with van der Waals surface area (Å²) in [5.41, 5.74) is 2.01. The third kappa shape index (κ3) is 5.19. The van der Waals surface area contributed by atoms with E-state index < -0.39 is 0 Å². The number of carbonyl (C=O) groups is 2. The predicted octanol–water partition coefficient (Wildman–Crippen LogP) is 2.45. The molecule has 0 saturated heterocycles. The Morgan fingerprint density at radius 1 is 1.19 bits per heavy atom. The van der Waals surface area contributed by atoms with Crippen LogP contribution in [0.2, 0.25) is 0 Å². The second-order valence-electron chi connectivity index (χ2n) is 4.76. The molecule has 0 bridgehead atoms. The second-order valence-corrected chi connectivity index (χ2v) is 4.76. The van der Waals surface area contributed by atoms with Gasteiger partial charge in [-0.25, -0.2) is 4.79 Å². The average Bonchev–Trinajstić information content (AvgIpc) is 2.47. The summed E-state index contributed by atoms with van der Waals surface area (Å²) in [4.78, 5) is 25.8. The van der Waals surface area contributed by atoms with E-state index in [1.165, 1.54) is 0 Å². The molecule has 1 aromatic rings. The van der Waals surface area contributed by atoms with Crippen molar-refractivity contribution in [1.29, 1.82) is 0 Å². The van der Waals surface area contributed by atoms with Crippen LogP contribution in [0.4, 0.5) is 5.69 Å². The maximum absolute atomic E-state index is 12.0. The molecule has 0 saturated carbocycles. The monoisotopic (exact) mass is 292 g/mol. The molecule has 0 heterocycles. The smallest absolute Gasteiger partial charge is 0.338 e. The highest BCUT2D eigenvalue weighted by Gasteiger charge is 2.12. The molecule has 0 spiro atoms. The van der Waals surface area contributed by atoms with E-state index in [1.54, 1.807) is 25.1 Å². The summed E-state index contributed by atoms with van der Waals surface area (Å²) in [6.07, 6.45) is 0. The number of likely N-dealkylation sites (N-methyl/N-ethyl adjacent to an activating group) is 1. The summed E-state index contributed by atoms with van der Waals surface area (Å²) < 4.78 is 4.97. The Bertz CT molecular complexity index is 496. The van der Waals surface area contributed by atoms with Gasteiger partial charge in [0.25, 0.3) is 0 Å². The molecule has 0 aliphatic carbocycles. The number of benzene rings is 1. The molecule has 0 radical (unpaired) electrons. The lowest BCUT2D eigenvalue weighted by molar-refractivity contribution is -0.117. The van der Waals surface area contributed by atoms with Crippen molar-refractivity contribution < 1.29 is 14.3 Å². The van der Waals surface area contributed by atoms with Gasteiger partial charge in [-0.15, -0.1) is 0 Å². The van der Waals surface area contributed by atoms with Gasteiger partial charge in [-0.2, -0.15) is 0 Å². The van der Waals surface area contributed by atoms with Crippen LogP contribution < -0.4 is 5.32 Å². The van der Waals surface area contributed by atoms with E-state index in [0.717, 1.165) is 18.7 Å². The number of nitrogens with zero attached hydrogens (tertiary/aromatic N) is 1. The van der Waals surface area contributed by atoms with Crippen molar-refractivity contribution in [3.05, 3.63) is 29.3 Å². The zero-order valence-corrected chi connectivity index (χ0v) is 13.2. The fraction of sp³-hybridized carbons (Fsp3) is 0.500. The third-order valence-corrected chi connectivity index (χ3v) is 3.28. The Morgan fingerprint density at radius 2 is 1.86 bits per heavy atom. The van der Waals surface area contributed by atoms with Crippen molar-refractivity contribution >= 4 is 17.6 Å². The highest BCUT2D eigenvalue weighted by atomic mass is 16.5. The molecule has 0 fully saturated rings. The molecule has 0 unspecified atom stereocenters. The Hall–Kier alpha value is -1.88. The molecule has 0 aliphatic rings. The minimum Gasteiger partial charge on any atom is -0.462 e. The summed E-state index contributed by atoms with van der Waals surface area (Å²) in [6, 6.07) is 5.17. The molecule has 1 amide bonds. The molecule has 0 aliphatic heterocycles. The van der Waals surface area contributed by atoms with Crippen LogP contribution in [0.5, 0.6) is 0 Å². The zero-order valence-electron chi connectivity index (χ0n) is 13.2. The van der Waals surface area contributed by atoms with Crippen molar-refractivity contribution in [2.45, 2.75) is 27.7 Å². The van der Waals surface area contributed by atoms with Gasteiger partial charge in [0.2, 0.25) is 5.91 Å². The van der Waals surface area contributed by atoms with Gasteiger partial charge in [-0.05, 0) is 44.6 Å². The van der Waals surface area contributed by atoms with Gasteiger partial charge in [0.1, 0.15) is 0 Å². The Morgan fingerprint density at radius 3 is 2.43 bits per heavy atom. The molecule has 1 rings (SSSR count). The maximum Gasteiger partial charge on any atom is 0.338 e. The van der Waals surface area contributed by atoms with Gasteiger partial charge in [-0.1, -0.05) is 19.9 Å². The van der Waals surface area contributed by atoms with E-state index in [1.807, 2.05) is 25.7 Å². The summed E-state index contributed by atoms with van der Waals surface area (Å²) in [7, 11) is 0. The number of anilines is 1. The van der Waals surface area contributed by atoms with Crippen molar-refractivity contribution in [2.75, 3.05) is 31.6 Å². The van der Waals surface area contributed by atoms with Crippen LogP contribution in [0.1, 0.15) is 36.7 Å². The number of hydrogen-bond acceptors (Lipinski definition) is 4. The minimum absolute atomic E-state index is 0.0807. The summed E-state index contributed by atoms with van der Waals surface area (Å²) in [5.74, 6) is -0.459. The SMILES string of the molecule is CCOC(=O)c1ccc(C)c(NC(=O)CN(CC)CC)c1. The number of ether oxygens (including phenoxy) is 1. The number of aryl methyl sites for hydroxylation is 1. The number of nitrogens with one attached hydrogen (secondary N) is 1. The van der Waals surface area contributed by atoms with Crippen LogP contribution in [-0.2, 0) is 9.53 Å². The Labute approximate surface area is 126 Å². The molecule has 1 aromatic carbocycles. The lowest BCUT2D eigenvalue weighted by Gasteiger charge is -2.18. The summed E-state index contributed by atoms with van der Waals surface area (Å²) >= 11 is 0. The number of carbonyl (C=O) groups excluding carboxylic acids is 2. The second kappa shape index (κ2) is 8.42. The number of hydrogen-bond donors (Lipinski definition) is 1. The van der Waals surface area contributed by atoms with Crippen LogP contribution in [0.15, 0.2) is 18.2 Å². The van der Waals surface area contributed by atoms with E-state index in [9.17, 15) is 9.59 Å². The first kappa shape index (κ1) is 17.2. The number of amides is 1. The summed E-state index contributed by atoms with van der Waals surface area (Å²) in [6.45, 7) is 10.0. The van der Waals surface area contributed by atoms with E-state index >= 15 is 0 Å². The van der Waals surface area contributed by atoms with Crippen LogP contribution in [-0.4, -0.2) is 43.0 Å². The standard InChI is InChI=1S/C16H24N2O3/c1-5-18(6-2)11-15(19)17-14-10-13(9-8-12(14)4)16(20)21-7-3/h8-10H,5-7,11H2,1-4H3,(H,17,19). The molecular formula is C16H24N2O3. The highest BCUT2D eigenvalue weighted by molar-refractivity contribution is 5.96. The molecule has 116 valence electrons. The molecule has 5 heteroatoms. The lowest BCUT2D eigenvalue weighted by Crippen LogP contribution is -2.33. The van der Waals surface area contributed by atoms with Gasteiger partial charge in [0.05, 0.1) is 18.7 Å². The Balaban J connectivity index is 2.80. The molecule has 0 aromatic heterocycles. The molecule has 5 nitrogen and oxygen atoms in total. The molecule has 0 atom stereocenters. The van der Waals surface area contributed by atoms with Crippen molar-refractivity contribution in [3.63, 3.8) is 0 Å². The normalized spacial score (nSPS) is 10.5. The van der Waals surface area contributed by atoms with E-state index in [4.69, 9.17) is 4.74 Å². The zero-order chi connectivity index (χ0) is 15.8. The molecule has 1 N–H and O–H groups in total. The van der Waals surface area contributed by atoms with Crippen LogP contribution >= 0.6 is 0 Å². The predicted molar refractivity (Wildman–Crippen MR) is 83.6 cm³/mol. The fourth-order valence-corrected chi connectivity index (χ4v) is 1.94. The maximum atomic E-state index is 12.0. The van der Waals surface area contributed by atoms with Gasteiger partial charge in [0, 0.05) is 5.69 Å². The largest absolute Gasteiger partial charge is 0.462 e. The number of rotatable bonds is 7. The lowest BCUT2D eigenvalue weighted by atomic mass is 10.1. The van der Waals surface area contributed by atoms with Gasteiger partial charge < -0.3 is 10.1 Å². The van der Waals surface area contributed by atoms with Crippen LogP contribution in [0.3, 0.4) is 0 Å².